The maximum absolute atomic E-state index is 14.2. The normalized spacial score (nSPS) is 49.1. The van der Waals surface area contributed by atoms with Crippen LogP contribution in [0.1, 0.15) is 96.3 Å². The number of epoxide rings is 4. The monoisotopic (exact) mass is 558 g/mol. The van der Waals surface area contributed by atoms with Crippen LogP contribution in [0.5, 0.6) is 0 Å². The van der Waals surface area contributed by atoms with Crippen LogP contribution in [0, 0.1) is 40.9 Å². The Kier molecular flexibility index (Phi) is 6.55. The zero-order chi connectivity index (χ0) is 27.2. The van der Waals surface area contributed by atoms with Crippen molar-refractivity contribution in [1.29, 1.82) is 0 Å². The summed E-state index contributed by atoms with van der Waals surface area (Å²) in [4.78, 5) is 26.0. The van der Waals surface area contributed by atoms with Gasteiger partial charge in [0.15, 0.2) is 0 Å². The molecular weight excluding hydrogens is 512 g/mol. The molecule has 0 bridgehead atoms. The van der Waals surface area contributed by atoms with Crippen molar-refractivity contribution in [3.8, 4) is 0 Å². The molecule has 4 heterocycles. The number of fused-ring (bicyclic) bond motifs is 4. The minimum atomic E-state index is -0.951. The quantitative estimate of drug-likeness (QED) is 0.346. The van der Waals surface area contributed by atoms with Crippen molar-refractivity contribution in [3.05, 3.63) is 0 Å². The summed E-state index contributed by atoms with van der Waals surface area (Å²) in [7, 11) is 0. The lowest BCUT2D eigenvalue weighted by Crippen LogP contribution is -2.56. The van der Waals surface area contributed by atoms with E-state index < -0.39 is 17.4 Å². The highest BCUT2D eigenvalue weighted by Gasteiger charge is 2.64. The summed E-state index contributed by atoms with van der Waals surface area (Å²) < 4.78 is 24.0. The van der Waals surface area contributed by atoms with E-state index in [1.807, 2.05) is 0 Å². The van der Waals surface area contributed by atoms with E-state index in [1.54, 1.807) is 0 Å². The van der Waals surface area contributed by atoms with Gasteiger partial charge < -0.3 is 29.2 Å². The molecule has 4 saturated heterocycles. The second kappa shape index (κ2) is 9.92. The maximum atomic E-state index is 14.2. The number of carbonyl (C=O) groups is 2. The van der Waals surface area contributed by atoms with Gasteiger partial charge in [0, 0.05) is 6.42 Å². The van der Waals surface area contributed by atoms with E-state index in [2.05, 4.69) is 0 Å². The number of hydrogen-bond acceptors (Lipinski definition) is 6. The molecule has 222 valence electrons. The van der Waals surface area contributed by atoms with Gasteiger partial charge in [0.25, 0.3) is 0 Å². The van der Waals surface area contributed by atoms with E-state index in [-0.39, 0.29) is 42.7 Å². The zero-order valence-electron chi connectivity index (χ0n) is 23.5. The molecule has 2 N–H and O–H groups in total. The third kappa shape index (κ3) is 4.73. The Morgan fingerprint density at radius 2 is 0.925 bits per heavy atom. The standard InChI is InChI=1S/C32H46O8/c33-28(34)2-1-11-32(31(35)36,29(16-3-7-20-24(12-16)37-20)17-4-8-21-25(13-17)38-21)30(18-5-9-22-26(14-18)39-22)19-6-10-23-27(15-19)40-23/h16-27,29-30H,1-15H2,(H,33,34)(H,35,36). The van der Waals surface area contributed by atoms with Crippen LogP contribution in [0.3, 0.4) is 0 Å². The zero-order valence-corrected chi connectivity index (χ0v) is 23.5. The third-order valence-electron chi connectivity index (χ3n) is 12.8. The van der Waals surface area contributed by atoms with Crippen LogP contribution < -0.4 is 0 Å². The number of rotatable bonds is 11. The van der Waals surface area contributed by atoms with Crippen LogP contribution >= 0.6 is 0 Å². The lowest BCUT2D eigenvalue weighted by atomic mass is 9.47. The minimum absolute atomic E-state index is 0.0229. The summed E-state index contributed by atoms with van der Waals surface area (Å²) in [5, 5.41) is 21.4. The van der Waals surface area contributed by atoms with E-state index in [0.29, 0.717) is 60.9 Å². The first kappa shape index (κ1) is 26.4. The molecule has 0 amide bonds. The molecule has 8 fully saturated rings. The highest BCUT2D eigenvalue weighted by molar-refractivity contribution is 5.76. The SMILES string of the molecule is O=C(O)CCCC(C(=O)O)(C(C1CCC2OC2C1)C1CCC2OC2C1)C(C1CCC2OC2C1)C1CCC2OC2C1. The molecule has 0 aromatic heterocycles. The molecule has 0 spiro atoms. The summed E-state index contributed by atoms with van der Waals surface area (Å²) in [6.07, 6.45) is 15.5. The lowest BCUT2D eigenvalue weighted by Gasteiger charge is -2.55. The first-order valence-electron chi connectivity index (χ1n) is 16.5. The van der Waals surface area contributed by atoms with Crippen LogP contribution in [0.25, 0.3) is 0 Å². The first-order chi connectivity index (χ1) is 19.4. The molecule has 8 heteroatoms. The third-order valence-corrected chi connectivity index (χ3v) is 12.8. The van der Waals surface area contributed by atoms with Crippen LogP contribution in [0.4, 0.5) is 0 Å². The molecule has 0 radical (unpaired) electrons. The van der Waals surface area contributed by atoms with Crippen molar-refractivity contribution < 1.29 is 38.7 Å². The van der Waals surface area contributed by atoms with Gasteiger partial charge in [-0.15, -0.1) is 0 Å². The Morgan fingerprint density at radius 1 is 0.575 bits per heavy atom. The van der Waals surface area contributed by atoms with Gasteiger partial charge >= 0.3 is 11.9 Å². The van der Waals surface area contributed by atoms with E-state index in [1.165, 1.54) is 0 Å². The van der Waals surface area contributed by atoms with Gasteiger partial charge in [-0.25, -0.2) is 0 Å². The molecule has 40 heavy (non-hydrogen) atoms. The van der Waals surface area contributed by atoms with Crippen LogP contribution in [0.2, 0.25) is 0 Å². The fourth-order valence-corrected chi connectivity index (χ4v) is 11.0. The number of carboxylic acid groups (broad SMARTS) is 2. The second-order valence-electron chi connectivity index (χ2n) is 14.8. The van der Waals surface area contributed by atoms with Gasteiger partial charge in [-0.05, 0) is 125 Å². The minimum Gasteiger partial charge on any atom is -0.481 e. The molecular formula is C32H46O8. The summed E-state index contributed by atoms with van der Waals surface area (Å²) in [5.74, 6) is -0.245. The smallest absolute Gasteiger partial charge is 0.310 e. The average molecular weight is 559 g/mol. The van der Waals surface area contributed by atoms with Gasteiger partial charge in [-0.1, -0.05) is 0 Å². The van der Waals surface area contributed by atoms with E-state index in [0.717, 1.165) is 77.0 Å². The Labute approximate surface area is 236 Å². The fraction of sp³-hybridized carbons (Fsp3) is 0.938. The molecule has 4 aliphatic carbocycles. The van der Waals surface area contributed by atoms with Crippen molar-refractivity contribution in [2.75, 3.05) is 0 Å². The molecule has 8 nitrogen and oxygen atoms in total. The largest absolute Gasteiger partial charge is 0.481 e. The summed E-state index contributed by atoms with van der Waals surface area (Å²) in [6, 6.07) is 0. The van der Waals surface area contributed by atoms with Gasteiger partial charge in [0.2, 0.25) is 0 Å². The number of ether oxygens (including phenoxy) is 4. The molecule has 8 rings (SSSR count). The number of carboxylic acids is 2. The van der Waals surface area contributed by atoms with Crippen molar-refractivity contribution in [2.45, 2.75) is 145 Å². The summed E-state index contributed by atoms with van der Waals surface area (Å²) >= 11 is 0. The Balaban J connectivity index is 1.22. The second-order valence-corrected chi connectivity index (χ2v) is 14.8. The predicted molar refractivity (Wildman–Crippen MR) is 143 cm³/mol. The van der Waals surface area contributed by atoms with Gasteiger partial charge in [0.1, 0.15) is 0 Å². The van der Waals surface area contributed by atoms with Crippen molar-refractivity contribution in [3.63, 3.8) is 0 Å². The first-order valence-corrected chi connectivity index (χ1v) is 16.5. The van der Waals surface area contributed by atoms with Crippen molar-refractivity contribution in [1.82, 2.24) is 0 Å². The van der Waals surface area contributed by atoms with Crippen LogP contribution in [-0.2, 0) is 28.5 Å². The summed E-state index contributed by atoms with van der Waals surface area (Å²) in [5.41, 5.74) is -0.951. The van der Waals surface area contributed by atoms with Crippen LogP contribution in [0.15, 0.2) is 0 Å². The van der Waals surface area contributed by atoms with Crippen LogP contribution in [-0.4, -0.2) is 71.0 Å². The molecule has 4 aliphatic heterocycles. The van der Waals surface area contributed by atoms with Crippen molar-refractivity contribution >= 4 is 11.9 Å². The molecule has 8 aliphatic rings. The maximum Gasteiger partial charge on any atom is 0.310 e. The van der Waals surface area contributed by atoms with Crippen molar-refractivity contribution in [2.24, 2.45) is 40.9 Å². The number of aliphatic carboxylic acids is 2. The highest BCUT2D eigenvalue weighted by Crippen LogP contribution is 2.63. The van der Waals surface area contributed by atoms with Gasteiger partial charge in [0.05, 0.1) is 54.2 Å². The predicted octanol–water partition coefficient (Wildman–Crippen LogP) is 4.81. The molecule has 0 aromatic carbocycles. The fourth-order valence-electron chi connectivity index (χ4n) is 11.0. The van der Waals surface area contributed by atoms with E-state index >= 15 is 0 Å². The lowest BCUT2D eigenvalue weighted by molar-refractivity contribution is -0.174. The van der Waals surface area contributed by atoms with E-state index in [9.17, 15) is 19.8 Å². The molecule has 12 atom stereocenters. The van der Waals surface area contributed by atoms with E-state index in [4.69, 9.17) is 18.9 Å². The Morgan fingerprint density at radius 3 is 1.20 bits per heavy atom. The average Bonchev–Trinajstić information content (AvgIpc) is 3.75. The molecule has 12 unspecified atom stereocenters. The Bertz CT molecular complexity index is 899. The topological polar surface area (TPSA) is 125 Å². The van der Waals surface area contributed by atoms with Gasteiger partial charge in [-0.3, -0.25) is 9.59 Å². The highest BCUT2D eigenvalue weighted by atomic mass is 16.6. The van der Waals surface area contributed by atoms with Gasteiger partial charge in [-0.2, -0.15) is 0 Å². The summed E-state index contributed by atoms with van der Waals surface area (Å²) in [6.45, 7) is 0. The Hall–Kier alpha value is -1.22. The molecule has 0 aromatic rings. The molecule has 4 saturated carbocycles. The number of hydrogen-bond donors (Lipinski definition) is 2.